The molecule has 1 aliphatic rings. The van der Waals surface area contributed by atoms with Crippen molar-refractivity contribution in [3.63, 3.8) is 0 Å². The first-order chi connectivity index (χ1) is 20.5. The SMILES string of the molecule is Cc1ccc(C(N[SH](=O)=O)c2c(C)cc(Oc3ncccc3-c3ccnc(N[C@@H]4CNC[C@@](C)(F)C4)n3)c(F)c2F)cc1. The maximum atomic E-state index is 15.7. The van der Waals surface area contributed by atoms with E-state index in [1.807, 2.05) is 6.92 Å². The van der Waals surface area contributed by atoms with Crippen molar-refractivity contribution in [1.29, 1.82) is 0 Å². The van der Waals surface area contributed by atoms with Crippen LogP contribution in [0.1, 0.15) is 41.6 Å². The molecule has 2 aromatic heterocycles. The minimum Gasteiger partial charge on any atom is -0.435 e. The number of thiol groups is 1. The smallest absolute Gasteiger partial charge is 0.228 e. The van der Waals surface area contributed by atoms with Crippen LogP contribution in [0.15, 0.2) is 60.9 Å². The average Bonchev–Trinajstić information content (AvgIpc) is 2.95. The first kappa shape index (κ1) is 30.4. The fourth-order valence-electron chi connectivity index (χ4n) is 5.14. The van der Waals surface area contributed by atoms with Crippen molar-refractivity contribution >= 4 is 16.8 Å². The van der Waals surface area contributed by atoms with E-state index in [-0.39, 0.29) is 42.0 Å². The molecule has 13 heteroatoms. The molecule has 1 unspecified atom stereocenters. The number of alkyl halides is 1. The van der Waals surface area contributed by atoms with Gasteiger partial charge in [0.15, 0.2) is 11.6 Å². The van der Waals surface area contributed by atoms with Crippen molar-refractivity contribution in [3.05, 3.63) is 94.8 Å². The number of rotatable bonds is 9. The molecule has 0 radical (unpaired) electrons. The van der Waals surface area contributed by atoms with Gasteiger partial charge in [0.2, 0.25) is 28.5 Å². The van der Waals surface area contributed by atoms with Crippen LogP contribution < -0.4 is 20.1 Å². The van der Waals surface area contributed by atoms with Gasteiger partial charge in [-0.15, -0.1) is 0 Å². The summed E-state index contributed by atoms with van der Waals surface area (Å²) in [6, 6.07) is 11.6. The van der Waals surface area contributed by atoms with Crippen LogP contribution in [0.2, 0.25) is 0 Å². The Kier molecular flexibility index (Phi) is 8.95. The predicted octanol–water partition coefficient (Wildman–Crippen LogP) is 4.93. The Labute approximate surface area is 249 Å². The molecule has 43 heavy (non-hydrogen) atoms. The lowest BCUT2D eigenvalue weighted by atomic mass is 9.94. The van der Waals surface area contributed by atoms with Crippen molar-refractivity contribution < 1.29 is 26.3 Å². The van der Waals surface area contributed by atoms with Gasteiger partial charge in [0, 0.05) is 43.5 Å². The number of anilines is 1. The number of hydrogen-bond acceptors (Lipinski definition) is 8. The summed E-state index contributed by atoms with van der Waals surface area (Å²) in [5.74, 6) is -2.77. The summed E-state index contributed by atoms with van der Waals surface area (Å²) in [5.41, 5.74) is 0.873. The van der Waals surface area contributed by atoms with Gasteiger partial charge in [-0.05, 0) is 56.2 Å². The standard InChI is InChI=1S/C30H31F3N6O3S/c1-17-6-8-19(9-7-17)27(39-43(40)41)24-18(2)13-23(25(31)26(24)32)42-28-21(5-4-11-35-28)22-10-12-36-29(38-22)37-20-14-30(3,33)16-34-15-20/h4-13,20,27,34,43H,14-16H2,1-3H3,(H,36,37,38)(H,39,40,41)/t20-,27?,30-/m0/s1. The number of ether oxygens (including phenoxy) is 1. The summed E-state index contributed by atoms with van der Waals surface area (Å²) in [4.78, 5) is 13.0. The minimum atomic E-state index is -3.14. The van der Waals surface area contributed by atoms with Gasteiger partial charge in [0.1, 0.15) is 5.67 Å². The number of hydrogen-bond donors (Lipinski definition) is 4. The summed E-state index contributed by atoms with van der Waals surface area (Å²) in [5, 5.41) is 6.19. The second-order valence-corrected chi connectivity index (χ2v) is 11.5. The van der Waals surface area contributed by atoms with E-state index in [0.29, 0.717) is 23.4 Å². The number of aromatic nitrogens is 3. The van der Waals surface area contributed by atoms with E-state index in [1.165, 1.54) is 32.3 Å². The zero-order chi connectivity index (χ0) is 30.7. The van der Waals surface area contributed by atoms with Gasteiger partial charge in [0.05, 0.1) is 17.3 Å². The second kappa shape index (κ2) is 12.7. The first-order valence-corrected chi connectivity index (χ1v) is 14.8. The molecule has 0 saturated carbocycles. The topological polar surface area (TPSA) is 118 Å². The third kappa shape index (κ3) is 7.12. The molecule has 3 N–H and O–H groups in total. The molecule has 1 saturated heterocycles. The normalized spacial score (nSPS) is 19.3. The van der Waals surface area contributed by atoms with Gasteiger partial charge in [-0.3, -0.25) is 0 Å². The number of nitrogens with zero attached hydrogens (tertiary/aromatic N) is 3. The van der Waals surface area contributed by atoms with Gasteiger partial charge < -0.3 is 15.4 Å². The second-order valence-electron chi connectivity index (χ2n) is 10.8. The minimum absolute atomic E-state index is 0.0379. The molecule has 4 aromatic rings. The quantitative estimate of drug-likeness (QED) is 0.197. The number of pyridine rings is 1. The molecular formula is C30H31F3N6O3S. The molecule has 0 amide bonds. The van der Waals surface area contributed by atoms with Gasteiger partial charge in [-0.25, -0.2) is 36.9 Å². The summed E-state index contributed by atoms with van der Waals surface area (Å²) >= 11 is 0. The summed E-state index contributed by atoms with van der Waals surface area (Å²) in [6.45, 7) is 5.74. The lowest BCUT2D eigenvalue weighted by Crippen LogP contribution is -2.50. The first-order valence-electron chi connectivity index (χ1n) is 13.6. The van der Waals surface area contributed by atoms with Crippen LogP contribution in [0.25, 0.3) is 11.3 Å². The van der Waals surface area contributed by atoms with Crippen molar-refractivity contribution in [1.82, 2.24) is 25.0 Å². The zero-order valence-electron chi connectivity index (χ0n) is 23.7. The Morgan fingerprint density at radius 1 is 1.07 bits per heavy atom. The Morgan fingerprint density at radius 2 is 1.84 bits per heavy atom. The third-order valence-corrected chi connectivity index (χ3v) is 7.62. The van der Waals surface area contributed by atoms with E-state index in [4.69, 9.17) is 4.74 Å². The van der Waals surface area contributed by atoms with Gasteiger partial charge in [0.25, 0.3) is 0 Å². The molecule has 9 nitrogen and oxygen atoms in total. The van der Waals surface area contributed by atoms with E-state index < -0.39 is 40.0 Å². The van der Waals surface area contributed by atoms with E-state index >= 15 is 8.78 Å². The number of benzene rings is 2. The molecule has 0 aliphatic carbocycles. The highest BCUT2D eigenvalue weighted by atomic mass is 32.2. The molecule has 3 atom stereocenters. The molecule has 226 valence electrons. The highest BCUT2D eigenvalue weighted by Gasteiger charge is 2.32. The van der Waals surface area contributed by atoms with Crippen LogP contribution in [0.4, 0.5) is 19.1 Å². The predicted molar refractivity (Wildman–Crippen MR) is 157 cm³/mol. The van der Waals surface area contributed by atoms with Crippen LogP contribution in [0.3, 0.4) is 0 Å². The fraction of sp³-hybridized carbons (Fsp3) is 0.300. The van der Waals surface area contributed by atoms with Crippen LogP contribution >= 0.6 is 0 Å². The summed E-state index contributed by atoms with van der Waals surface area (Å²) in [7, 11) is -3.14. The van der Waals surface area contributed by atoms with Gasteiger partial charge in [-0.1, -0.05) is 29.8 Å². The third-order valence-electron chi connectivity index (χ3n) is 7.15. The molecule has 5 rings (SSSR count). The van der Waals surface area contributed by atoms with E-state index in [1.54, 1.807) is 42.5 Å². The monoisotopic (exact) mass is 612 g/mol. The molecule has 2 aromatic carbocycles. The molecule has 1 fully saturated rings. The molecular weight excluding hydrogens is 581 g/mol. The number of nitrogens with one attached hydrogen (secondary N) is 3. The highest BCUT2D eigenvalue weighted by Crippen LogP contribution is 2.37. The van der Waals surface area contributed by atoms with E-state index in [2.05, 4.69) is 30.3 Å². The Hall–Kier alpha value is -4.07. The van der Waals surface area contributed by atoms with Gasteiger partial charge in [-0.2, -0.15) is 4.39 Å². The zero-order valence-corrected chi connectivity index (χ0v) is 24.6. The lowest BCUT2D eigenvalue weighted by molar-refractivity contribution is 0.137. The van der Waals surface area contributed by atoms with Crippen LogP contribution in [0.5, 0.6) is 11.6 Å². The lowest BCUT2D eigenvalue weighted by Gasteiger charge is -2.33. The fourth-order valence-corrected chi connectivity index (χ4v) is 5.62. The van der Waals surface area contributed by atoms with Gasteiger partial charge >= 0.3 is 0 Å². The molecule has 1 aliphatic heterocycles. The van der Waals surface area contributed by atoms with Crippen molar-refractivity contribution in [3.8, 4) is 22.9 Å². The van der Waals surface area contributed by atoms with Crippen LogP contribution in [-0.2, 0) is 10.9 Å². The van der Waals surface area contributed by atoms with Crippen LogP contribution in [0, 0.1) is 25.5 Å². The van der Waals surface area contributed by atoms with Crippen molar-refractivity contribution in [2.45, 2.75) is 44.9 Å². The average molecular weight is 613 g/mol. The maximum Gasteiger partial charge on any atom is 0.228 e. The number of aryl methyl sites for hydroxylation is 2. The number of piperidine rings is 1. The Bertz CT molecular complexity index is 1690. The maximum absolute atomic E-state index is 15.7. The highest BCUT2D eigenvalue weighted by molar-refractivity contribution is 7.70. The largest absolute Gasteiger partial charge is 0.435 e. The van der Waals surface area contributed by atoms with Crippen molar-refractivity contribution in [2.24, 2.45) is 0 Å². The molecule has 0 spiro atoms. The Balaban J connectivity index is 1.45. The van der Waals surface area contributed by atoms with Crippen LogP contribution in [-0.4, -0.2) is 48.2 Å². The molecule has 0 bridgehead atoms. The van der Waals surface area contributed by atoms with Crippen molar-refractivity contribution in [2.75, 3.05) is 18.4 Å². The summed E-state index contributed by atoms with van der Waals surface area (Å²) in [6.07, 6.45) is 3.23. The Morgan fingerprint density at radius 3 is 2.56 bits per heavy atom. The van der Waals surface area contributed by atoms with E-state index in [9.17, 15) is 12.8 Å². The summed E-state index contributed by atoms with van der Waals surface area (Å²) < 4.78 is 77.1. The number of halogens is 3. The molecule has 3 heterocycles. The van der Waals surface area contributed by atoms with E-state index in [0.717, 1.165) is 5.56 Å².